The molecule has 3 unspecified atom stereocenters. The summed E-state index contributed by atoms with van der Waals surface area (Å²) in [6, 6.07) is 7.05. The summed E-state index contributed by atoms with van der Waals surface area (Å²) in [5.74, 6) is 0.243. The summed E-state index contributed by atoms with van der Waals surface area (Å²) in [6.45, 7) is 5.84. The normalized spacial score (nSPS) is 15.4. The summed E-state index contributed by atoms with van der Waals surface area (Å²) < 4.78 is 0. The van der Waals surface area contributed by atoms with E-state index in [1.165, 1.54) is 0 Å². The SMILES string of the molecule is CC(N)CCCC(C)C(=O)NC(C)c1cccc(O)c1. The number of carbonyl (C=O) groups is 1. The van der Waals surface area contributed by atoms with E-state index in [-0.39, 0.29) is 29.7 Å². The predicted octanol–water partition coefficient (Wildman–Crippen LogP) is 2.72. The molecule has 20 heavy (non-hydrogen) atoms. The van der Waals surface area contributed by atoms with Gasteiger partial charge < -0.3 is 16.2 Å². The topological polar surface area (TPSA) is 75.4 Å². The number of nitrogens with one attached hydrogen (secondary N) is 1. The van der Waals surface area contributed by atoms with Crippen LogP contribution in [0.25, 0.3) is 0 Å². The van der Waals surface area contributed by atoms with Gasteiger partial charge in [0.15, 0.2) is 0 Å². The number of aromatic hydroxyl groups is 1. The van der Waals surface area contributed by atoms with Crippen LogP contribution in [0, 0.1) is 5.92 Å². The van der Waals surface area contributed by atoms with Gasteiger partial charge >= 0.3 is 0 Å². The summed E-state index contributed by atoms with van der Waals surface area (Å²) in [5.41, 5.74) is 6.61. The molecule has 0 aliphatic heterocycles. The minimum atomic E-state index is -0.106. The standard InChI is InChI=1S/C16H26N2O2/c1-11(6-4-7-12(2)17)16(20)18-13(3)14-8-5-9-15(19)10-14/h5,8-13,19H,4,6-7,17H2,1-3H3,(H,18,20). The van der Waals surface area contributed by atoms with Crippen molar-refractivity contribution in [3.05, 3.63) is 29.8 Å². The van der Waals surface area contributed by atoms with Gasteiger partial charge in [-0.2, -0.15) is 0 Å². The Labute approximate surface area is 121 Å². The van der Waals surface area contributed by atoms with Crippen LogP contribution in [0.3, 0.4) is 0 Å². The lowest BCUT2D eigenvalue weighted by molar-refractivity contribution is -0.125. The van der Waals surface area contributed by atoms with E-state index in [9.17, 15) is 9.90 Å². The second-order valence-corrected chi connectivity index (χ2v) is 5.63. The van der Waals surface area contributed by atoms with Crippen molar-refractivity contribution in [2.24, 2.45) is 11.7 Å². The maximum absolute atomic E-state index is 12.1. The molecule has 4 nitrogen and oxygen atoms in total. The van der Waals surface area contributed by atoms with Crippen LogP contribution < -0.4 is 11.1 Å². The lowest BCUT2D eigenvalue weighted by Crippen LogP contribution is -2.31. The molecular weight excluding hydrogens is 252 g/mol. The van der Waals surface area contributed by atoms with E-state index < -0.39 is 0 Å². The number of carbonyl (C=O) groups excluding carboxylic acids is 1. The fourth-order valence-electron chi connectivity index (χ4n) is 2.11. The van der Waals surface area contributed by atoms with Crippen LogP contribution in [0.1, 0.15) is 51.6 Å². The van der Waals surface area contributed by atoms with Crippen LogP contribution in [-0.2, 0) is 4.79 Å². The highest BCUT2D eigenvalue weighted by Gasteiger charge is 2.16. The number of hydrogen-bond acceptors (Lipinski definition) is 3. The van der Waals surface area contributed by atoms with Crippen molar-refractivity contribution in [3.63, 3.8) is 0 Å². The molecule has 112 valence electrons. The average Bonchev–Trinajstić information content (AvgIpc) is 2.38. The molecule has 1 aromatic rings. The van der Waals surface area contributed by atoms with Gasteiger partial charge in [0.2, 0.25) is 5.91 Å². The van der Waals surface area contributed by atoms with E-state index in [4.69, 9.17) is 5.73 Å². The second kappa shape index (κ2) is 7.90. The summed E-state index contributed by atoms with van der Waals surface area (Å²) in [4.78, 5) is 12.1. The van der Waals surface area contributed by atoms with Gasteiger partial charge in [-0.25, -0.2) is 0 Å². The van der Waals surface area contributed by atoms with Crippen molar-refractivity contribution >= 4 is 5.91 Å². The van der Waals surface area contributed by atoms with Crippen molar-refractivity contribution in [1.82, 2.24) is 5.32 Å². The molecule has 0 saturated heterocycles. The fraction of sp³-hybridized carbons (Fsp3) is 0.562. The quantitative estimate of drug-likeness (QED) is 0.718. The van der Waals surface area contributed by atoms with Gasteiger partial charge in [0.25, 0.3) is 0 Å². The van der Waals surface area contributed by atoms with Gasteiger partial charge in [0, 0.05) is 12.0 Å². The molecule has 0 radical (unpaired) electrons. The van der Waals surface area contributed by atoms with Crippen molar-refractivity contribution in [1.29, 1.82) is 0 Å². The minimum absolute atomic E-state index is 0.0199. The Bertz CT molecular complexity index is 432. The van der Waals surface area contributed by atoms with Gasteiger partial charge in [-0.1, -0.05) is 25.5 Å². The van der Waals surface area contributed by atoms with E-state index in [0.29, 0.717) is 0 Å². The molecule has 0 aromatic heterocycles. The van der Waals surface area contributed by atoms with Crippen molar-refractivity contribution < 1.29 is 9.90 Å². The summed E-state index contributed by atoms with van der Waals surface area (Å²) >= 11 is 0. The van der Waals surface area contributed by atoms with Gasteiger partial charge in [-0.3, -0.25) is 4.79 Å². The molecule has 0 heterocycles. The van der Waals surface area contributed by atoms with Gasteiger partial charge in [-0.05, 0) is 44.4 Å². The smallest absolute Gasteiger partial charge is 0.223 e. The Morgan fingerprint density at radius 3 is 2.60 bits per heavy atom. The van der Waals surface area contributed by atoms with Crippen molar-refractivity contribution in [2.45, 2.75) is 52.1 Å². The molecule has 4 N–H and O–H groups in total. The maximum atomic E-state index is 12.1. The molecule has 0 fully saturated rings. The first kappa shape index (κ1) is 16.5. The number of rotatable bonds is 7. The summed E-state index contributed by atoms with van der Waals surface area (Å²) in [5, 5.41) is 12.4. The third kappa shape index (κ3) is 5.61. The molecule has 1 rings (SSSR count). The molecule has 4 heteroatoms. The Morgan fingerprint density at radius 1 is 1.30 bits per heavy atom. The second-order valence-electron chi connectivity index (χ2n) is 5.63. The molecule has 0 aliphatic carbocycles. The van der Waals surface area contributed by atoms with E-state index in [1.807, 2.05) is 26.8 Å². The lowest BCUT2D eigenvalue weighted by atomic mass is 10.0. The molecule has 0 saturated carbocycles. The van der Waals surface area contributed by atoms with Crippen LogP contribution in [-0.4, -0.2) is 17.1 Å². The molecular formula is C16H26N2O2. The van der Waals surface area contributed by atoms with Crippen LogP contribution in [0.5, 0.6) is 5.75 Å². The molecule has 1 amide bonds. The number of nitrogens with two attached hydrogens (primary N) is 1. The highest BCUT2D eigenvalue weighted by Crippen LogP contribution is 2.19. The number of amides is 1. The molecule has 0 spiro atoms. The third-order valence-electron chi connectivity index (χ3n) is 3.47. The molecule has 1 aromatic carbocycles. The van der Waals surface area contributed by atoms with Crippen molar-refractivity contribution in [2.75, 3.05) is 0 Å². The highest BCUT2D eigenvalue weighted by molar-refractivity contribution is 5.78. The zero-order valence-corrected chi connectivity index (χ0v) is 12.6. The van der Waals surface area contributed by atoms with Gasteiger partial charge in [0.1, 0.15) is 5.75 Å². The van der Waals surface area contributed by atoms with Crippen LogP contribution in [0.2, 0.25) is 0 Å². The molecule has 0 bridgehead atoms. The summed E-state index contributed by atoms with van der Waals surface area (Å²) in [6.07, 6.45) is 2.76. The monoisotopic (exact) mass is 278 g/mol. The number of phenolic OH excluding ortho intramolecular Hbond substituents is 1. The Balaban J connectivity index is 2.44. The van der Waals surface area contributed by atoms with E-state index in [1.54, 1.807) is 18.2 Å². The number of phenols is 1. The first-order valence-electron chi connectivity index (χ1n) is 7.25. The van der Waals surface area contributed by atoms with E-state index in [0.717, 1.165) is 24.8 Å². The Morgan fingerprint density at radius 2 is 2.00 bits per heavy atom. The van der Waals surface area contributed by atoms with E-state index >= 15 is 0 Å². The Kier molecular flexibility index (Phi) is 6.52. The lowest BCUT2D eigenvalue weighted by Gasteiger charge is -2.18. The third-order valence-corrected chi connectivity index (χ3v) is 3.47. The van der Waals surface area contributed by atoms with E-state index in [2.05, 4.69) is 5.32 Å². The zero-order valence-electron chi connectivity index (χ0n) is 12.6. The average molecular weight is 278 g/mol. The largest absolute Gasteiger partial charge is 0.508 e. The molecule has 3 atom stereocenters. The highest BCUT2D eigenvalue weighted by atomic mass is 16.3. The molecule has 0 aliphatic rings. The summed E-state index contributed by atoms with van der Waals surface area (Å²) in [7, 11) is 0. The Hall–Kier alpha value is -1.55. The zero-order chi connectivity index (χ0) is 15.1. The fourth-order valence-corrected chi connectivity index (χ4v) is 2.11. The van der Waals surface area contributed by atoms with Crippen LogP contribution in [0.4, 0.5) is 0 Å². The van der Waals surface area contributed by atoms with Gasteiger partial charge in [-0.15, -0.1) is 0 Å². The van der Waals surface area contributed by atoms with Crippen molar-refractivity contribution in [3.8, 4) is 5.75 Å². The predicted molar refractivity (Wildman–Crippen MR) is 81.3 cm³/mol. The minimum Gasteiger partial charge on any atom is -0.508 e. The first-order valence-corrected chi connectivity index (χ1v) is 7.25. The van der Waals surface area contributed by atoms with Crippen LogP contribution in [0.15, 0.2) is 24.3 Å². The number of hydrogen-bond donors (Lipinski definition) is 3. The maximum Gasteiger partial charge on any atom is 0.223 e. The first-order chi connectivity index (χ1) is 9.40. The van der Waals surface area contributed by atoms with Crippen LogP contribution >= 0.6 is 0 Å². The van der Waals surface area contributed by atoms with Gasteiger partial charge in [0.05, 0.1) is 6.04 Å². The number of benzene rings is 1.